The van der Waals surface area contributed by atoms with E-state index in [2.05, 4.69) is 13.8 Å². The van der Waals surface area contributed by atoms with Gasteiger partial charge in [-0.15, -0.1) is 0 Å². The van der Waals surface area contributed by atoms with Gasteiger partial charge in [-0.1, -0.05) is 200 Å². The van der Waals surface area contributed by atoms with E-state index in [0.29, 0.717) is 13.0 Å². The van der Waals surface area contributed by atoms with Crippen LogP contribution in [0.1, 0.15) is 219 Å². The summed E-state index contributed by atoms with van der Waals surface area (Å²) < 4.78 is 34.1. The molecule has 2 aliphatic rings. The summed E-state index contributed by atoms with van der Waals surface area (Å²) in [7, 11) is 0. The molecule has 14 nitrogen and oxygen atoms in total. The van der Waals surface area contributed by atoms with Crippen molar-refractivity contribution in [1.82, 2.24) is 0 Å². The van der Waals surface area contributed by atoms with Gasteiger partial charge in [-0.05, 0) is 12.8 Å². The minimum absolute atomic E-state index is 0.0681. The third-order valence-electron chi connectivity index (χ3n) is 13.1. The summed E-state index contributed by atoms with van der Waals surface area (Å²) in [5, 5.41) is 71.8. The van der Waals surface area contributed by atoms with Crippen LogP contribution in [0.25, 0.3) is 0 Å². The molecule has 2 rings (SSSR count). The van der Waals surface area contributed by atoms with Crippen LogP contribution < -0.4 is 0 Å². The molecule has 0 aliphatic carbocycles. The SMILES string of the molecule is CCCCCCCCCCCCCCCCCCCCCCCCCCCCOCC(COC1OC(COC2OC(CO)C(O)C(O)C2O)C(O)C(O)C1O)OC(=O)CCCCCCC. The lowest BCUT2D eigenvalue weighted by atomic mass is 9.98. The maximum absolute atomic E-state index is 12.8. The Kier molecular flexibility index (Phi) is 36.8. The Morgan fingerprint density at radius 2 is 0.815 bits per heavy atom. The molecule has 2 saturated heterocycles. The van der Waals surface area contributed by atoms with Gasteiger partial charge < -0.3 is 64.2 Å². The van der Waals surface area contributed by atoms with E-state index in [0.717, 1.165) is 44.9 Å². The van der Waals surface area contributed by atoms with Crippen molar-refractivity contribution < 1.29 is 69.0 Å². The lowest BCUT2D eigenvalue weighted by Gasteiger charge is -2.42. The molecule has 0 saturated carbocycles. The fraction of sp³-hybridized carbons (Fsp3) is 0.980. The summed E-state index contributed by atoms with van der Waals surface area (Å²) in [6, 6.07) is 0. The molecule has 11 unspecified atom stereocenters. The summed E-state index contributed by atoms with van der Waals surface area (Å²) in [6.45, 7) is 3.63. The predicted octanol–water partition coefficient (Wildman–Crippen LogP) is 8.08. The van der Waals surface area contributed by atoms with Crippen LogP contribution >= 0.6 is 0 Å². The van der Waals surface area contributed by atoms with E-state index < -0.39 is 80.7 Å². The Morgan fingerprint density at radius 1 is 0.446 bits per heavy atom. The Labute approximate surface area is 393 Å². The third kappa shape index (κ3) is 27.7. The molecule has 0 spiro atoms. The number of carbonyl (C=O) groups is 1. The van der Waals surface area contributed by atoms with Gasteiger partial charge in [-0.25, -0.2) is 0 Å². The molecular weight excluding hydrogens is 837 g/mol. The highest BCUT2D eigenvalue weighted by molar-refractivity contribution is 5.69. The van der Waals surface area contributed by atoms with E-state index in [4.69, 9.17) is 28.4 Å². The zero-order valence-corrected chi connectivity index (χ0v) is 41.0. The first-order chi connectivity index (χ1) is 31.6. The number of aliphatic hydroxyl groups excluding tert-OH is 7. The first-order valence-corrected chi connectivity index (χ1v) is 26.6. The maximum Gasteiger partial charge on any atom is 0.306 e. The number of hydrogen-bond acceptors (Lipinski definition) is 14. The van der Waals surface area contributed by atoms with E-state index in [-0.39, 0.29) is 25.6 Å². The minimum Gasteiger partial charge on any atom is -0.457 e. The lowest BCUT2D eigenvalue weighted by molar-refractivity contribution is -0.332. The third-order valence-corrected chi connectivity index (χ3v) is 13.1. The van der Waals surface area contributed by atoms with Gasteiger partial charge in [-0.2, -0.15) is 0 Å². The molecule has 2 aliphatic heterocycles. The number of hydrogen-bond donors (Lipinski definition) is 7. The van der Waals surface area contributed by atoms with Gasteiger partial charge in [0.05, 0.1) is 26.4 Å². The number of unbranched alkanes of at least 4 members (excludes halogenated alkanes) is 29. The van der Waals surface area contributed by atoms with Crippen LogP contribution in [0.15, 0.2) is 0 Å². The zero-order valence-electron chi connectivity index (χ0n) is 41.0. The molecule has 0 aromatic heterocycles. The molecule has 0 amide bonds. The van der Waals surface area contributed by atoms with Crippen molar-refractivity contribution in [3.63, 3.8) is 0 Å². The quantitative estimate of drug-likeness (QED) is 0.0228. The topological polar surface area (TPSA) is 214 Å². The molecule has 386 valence electrons. The molecule has 11 atom stereocenters. The van der Waals surface area contributed by atoms with Crippen molar-refractivity contribution >= 4 is 5.97 Å². The highest BCUT2D eigenvalue weighted by Gasteiger charge is 2.47. The second-order valence-corrected chi connectivity index (χ2v) is 19.1. The Balaban J connectivity index is 1.58. The number of carbonyl (C=O) groups excluding carboxylic acids is 1. The smallest absolute Gasteiger partial charge is 0.306 e. The highest BCUT2D eigenvalue weighted by Crippen LogP contribution is 2.27. The van der Waals surface area contributed by atoms with E-state index in [1.54, 1.807) is 0 Å². The fourth-order valence-electron chi connectivity index (χ4n) is 8.76. The molecule has 14 heteroatoms. The Morgan fingerprint density at radius 3 is 1.25 bits per heavy atom. The summed E-state index contributed by atoms with van der Waals surface area (Å²) in [5.74, 6) is -0.384. The average molecular weight is 935 g/mol. The van der Waals surface area contributed by atoms with Crippen molar-refractivity contribution in [1.29, 1.82) is 0 Å². The van der Waals surface area contributed by atoms with Gasteiger partial charge in [0, 0.05) is 13.0 Å². The second kappa shape index (κ2) is 39.8. The van der Waals surface area contributed by atoms with Crippen molar-refractivity contribution in [2.24, 2.45) is 0 Å². The predicted molar refractivity (Wildman–Crippen MR) is 252 cm³/mol. The van der Waals surface area contributed by atoms with Gasteiger partial charge in [0.15, 0.2) is 12.6 Å². The first-order valence-electron chi connectivity index (χ1n) is 26.6. The molecule has 65 heavy (non-hydrogen) atoms. The molecular formula is C51H98O14. The van der Waals surface area contributed by atoms with Crippen molar-refractivity contribution in [3.8, 4) is 0 Å². The van der Waals surface area contributed by atoms with Gasteiger partial charge in [-0.3, -0.25) is 4.79 Å². The largest absolute Gasteiger partial charge is 0.457 e. The molecule has 7 N–H and O–H groups in total. The number of ether oxygens (including phenoxy) is 6. The standard InChI is InChI=1S/C51H98O14/c1-3-5-7-9-10-11-12-13-14-15-16-17-18-19-20-21-22-23-24-25-26-27-28-29-31-33-35-60-37-40(63-43(53)34-32-30-8-6-4-2)38-61-50-49(59)47(57)45(55)42(65-50)39-62-51-48(58)46(56)44(54)41(36-52)64-51/h40-42,44-52,54-59H,3-39H2,1-2H3. The first kappa shape index (κ1) is 60.1. The summed E-state index contributed by atoms with van der Waals surface area (Å²) in [5.41, 5.74) is 0. The monoisotopic (exact) mass is 935 g/mol. The molecule has 2 heterocycles. The van der Waals surface area contributed by atoms with E-state index in [9.17, 15) is 40.5 Å². The van der Waals surface area contributed by atoms with Gasteiger partial charge in [0.25, 0.3) is 0 Å². The second-order valence-electron chi connectivity index (χ2n) is 19.1. The maximum atomic E-state index is 12.8. The van der Waals surface area contributed by atoms with Crippen molar-refractivity contribution in [2.45, 2.75) is 287 Å². The summed E-state index contributed by atoms with van der Waals surface area (Å²) >= 11 is 0. The highest BCUT2D eigenvalue weighted by atomic mass is 16.7. The van der Waals surface area contributed by atoms with E-state index in [1.807, 2.05) is 0 Å². The van der Waals surface area contributed by atoms with Crippen LogP contribution in [0, 0.1) is 0 Å². The lowest BCUT2D eigenvalue weighted by Crippen LogP contribution is -2.61. The Bertz CT molecular complexity index is 1090. The molecule has 0 aromatic carbocycles. The molecule has 2 fully saturated rings. The molecule has 0 bridgehead atoms. The number of esters is 1. The normalized spacial score (nSPS) is 26.4. The van der Waals surface area contributed by atoms with Crippen LogP contribution in [0.3, 0.4) is 0 Å². The fourth-order valence-corrected chi connectivity index (χ4v) is 8.76. The van der Waals surface area contributed by atoms with E-state index in [1.165, 1.54) is 148 Å². The van der Waals surface area contributed by atoms with Crippen molar-refractivity contribution in [3.05, 3.63) is 0 Å². The summed E-state index contributed by atoms with van der Waals surface area (Å²) in [6.07, 6.45) is 23.9. The van der Waals surface area contributed by atoms with Crippen molar-refractivity contribution in [2.75, 3.05) is 33.0 Å². The minimum atomic E-state index is -1.70. The van der Waals surface area contributed by atoms with Gasteiger partial charge >= 0.3 is 5.97 Å². The summed E-state index contributed by atoms with van der Waals surface area (Å²) in [4.78, 5) is 12.8. The number of rotatable bonds is 43. The van der Waals surface area contributed by atoms with Crippen LogP contribution in [0.2, 0.25) is 0 Å². The van der Waals surface area contributed by atoms with E-state index >= 15 is 0 Å². The van der Waals surface area contributed by atoms with Gasteiger partial charge in [0.1, 0.15) is 54.9 Å². The molecule has 0 radical (unpaired) electrons. The zero-order chi connectivity index (χ0) is 47.3. The van der Waals surface area contributed by atoms with Crippen LogP contribution in [-0.4, -0.2) is 142 Å². The van der Waals surface area contributed by atoms with Gasteiger partial charge in [0.2, 0.25) is 0 Å². The number of aliphatic hydroxyl groups is 7. The van der Waals surface area contributed by atoms with Crippen LogP contribution in [0.4, 0.5) is 0 Å². The van der Waals surface area contributed by atoms with Crippen LogP contribution in [-0.2, 0) is 33.2 Å². The van der Waals surface area contributed by atoms with Crippen LogP contribution in [0.5, 0.6) is 0 Å². The Hall–Kier alpha value is -1.01. The molecule has 0 aromatic rings. The average Bonchev–Trinajstić information content (AvgIpc) is 3.30.